The minimum Gasteiger partial charge on any atom is -0.326 e. The Kier molecular flexibility index (Phi) is 6.40. The number of amides is 2. The Labute approximate surface area is 199 Å². The Morgan fingerprint density at radius 1 is 1.06 bits per heavy atom. The number of fused-ring (bicyclic) bond motifs is 1. The molecular weight excluding hydrogens is 465 g/mol. The summed E-state index contributed by atoms with van der Waals surface area (Å²) in [6.45, 7) is 4.16. The summed E-state index contributed by atoms with van der Waals surface area (Å²) in [7, 11) is 0. The quantitative estimate of drug-likeness (QED) is 0.405. The number of nitrogens with zero attached hydrogens (tertiary/aromatic N) is 1. The van der Waals surface area contributed by atoms with Crippen LogP contribution in [0.5, 0.6) is 0 Å². The van der Waals surface area contributed by atoms with Crippen LogP contribution >= 0.6 is 23.2 Å². The number of hydrogen-bond donors (Lipinski definition) is 4. The molecule has 2 amide bonds. The van der Waals surface area contributed by atoms with Gasteiger partial charge in [0, 0.05) is 27.8 Å². The molecule has 0 unspecified atom stereocenters. The molecule has 1 aliphatic heterocycles. The van der Waals surface area contributed by atoms with E-state index < -0.39 is 23.3 Å². The van der Waals surface area contributed by atoms with Gasteiger partial charge in [-0.3, -0.25) is 19.4 Å². The summed E-state index contributed by atoms with van der Waals surface area (Å²) in [5.41, 5.74) is 1.78. The van der Waals surface area contributed by atoms with E-state index in [1.165, 1.54) is 0 Å². The van der Waals surface area contributed by atoms with Crippen LogP contribution in [0.2, 0.25) is 10.0 Å². The van der Waals surface area contributed by atoms with Gasteiger partial charge in [-0.05, 0) is 41.8 Å². The predicted molar refractivity (Wildman–Crippen MR) is 130 cm³/mol. The maximum absolute atomic E-state index is 13.0. The third-order valence-electron chi connectivity index (χ3n) is 5.24. The van der Waals surface area contributed by atoms with E-state index in [9.17, 15) is 14.4 Å². The van der Waals surface area contributed by atoms with Crippen LogP contribution in [0.15, 0.2) is 47.3 Å². The fourth-order valence-electron chi connectivity index (χ4n) is 3.60. The van der Waals surface area contributed by atoms with Crippen LogP contribution in [0.4, 0.5) is 23.1 Å². The molecule has 0 bridgehead atoms. The second-order valence-corrected chi connectivity index (χ2v) is 8.90. The highest BCUT2D eigenvalue weighted by atomic mass is 35.5. The molecule has 0 saturated carbocycles. The molecule has 2 heterocycles. The summed E-state index contributed by atoms with van der Waals surface area (Å²) in [6, 6.07) is 12.2. The van der Waals surface area contributed by atoms with Crippen LogP contribution in [0.25, 0.3) is 0 Å². The molecule has 1 atom stereocenters. The molecule has 4 rings (SSSR count). The van der Waals surface area contributed by atoms with Gasteiger partial charge in [0.05, 0.1) is 11.5 Å². The van der Waals surface area contributed by atoms with Crippen molar-refractivity contribution < 1.29 is 9.59 Å². The molecule has 0 aliphatic carbocycles. The number of benzene rings is 2. The van der Waals surface area contributed by atoms with Crippen LogP contribution in [0, 0.1) is 0 Å². The molecular formula is C23H21Cl2N5O3. The van der Waals surface area contributed by atoms with Crippen LogP contribution in [0.1, 0.15) is 43.2 Å². The zero-order chi connectivity index (χ0) is 23.7. The van der Waals surface area contributed by atoms with Gasteiger partial charge < -0.3 is 16.0 Å². The Bertz CT molecular complexity index is 1270. The summed E-state index contributed by atoms with van der Waals surface area (Å²) in [5, 5.41) is 9.07. The van der Waals surface area contributed by atoms with Gasteiger partial charge in [0.2, 0.25) is 17.8 Å². The van der Waals surface area contributed by atoms with Gasteiger partial charge >= 0.3 is 0 Å². The Balaban J connectivity index is 1.60. The van der Waals surface area contributed by atoms with E-state index in [0.29, 0.717) is 27.3 Å². The number of aromatic amines is 1. The summed E-state index contributed by atoms with van der Waals surface area (Å²) >= 11 is 12.0. The van der Waals surface area contributed by atoms with Crippen LogP contribution < -0.4 is 21.5 Å². The molecule has 0 radical (unpaired) electrons. The summed E-state index contributed by atoms with van der Waals surface area (Å²) in [4.78, 5) is 45.0. The van der Waals surface area contributed by atoms with Crippen LogP contribution in [-0.4, -0.2) is 21.8 Å². The molecule has 3 aromatic rings. The maximum atomic E-state index is 13.0. The number of rotatable bonds is 5. The first kappa shape index (κ1) is 22.8. The number of nitrogens with one attached hydrogen (secondary N) is 4. The van der Waals surface area contributed by atoms with Crippen LogP contribution in [-0.2, 0) is 9.59 Å². The van der Waals surface area contributed by atoms with Crippen molar-refractivity contribution >= 4 is 58.2 Å². The zero-order valence-corrected chi connectivity index (χ0v) is 19.3. The maximum Gasteiger partial charge on any atom is 0.258 e. The SMILES string of the molecule is CC(C)c1ccc(NC(=O)[C@@H]2CC(=O)Nc3nc(Nc4cc(Cl)cc(Cl)c4)[nH]c(=O)c32)cc1. The number of hydrogen-bond acceptors (Lipinski definition) is 5. The van der Waals surface area contributed by atoms with Crippen molar-refractivity contribution in [2.45, 2.75) is 32.1 Å². The van der Waals surface area contributed by atoms with Crippen molar-refractivity contribution in [1.29, 1.82) is 0 Å². The van der Waals surface area contributed by atoms with Gasteiger partial charge in [0.15, 0.2) is 0 Å². The number of H-pyrrole nitrogens is 1. The minimum absolute atomic E-state index is 0.0286. The number of halogens is 2. The molecule has 2 aromatic carbocycles. The highest BCUT2D eigenvalue weighted by Gasteiger charge is 2.34. The molecule has 170 valence electrons. The van der Waals surface area contributed by atoms with Crippen molar-refractivity contribution in [2.24, 2.45) is 0 Å². The normalized spacial score (nSPS) is 15.1. The lowest BCUT2D eigenvalue weighted by molar-refractivity contribution is -0.123. The highest BCUT2D eigenvalue weighted by Crippen LogP contribution is 2.31. The Morgan fingerprint density at radius 2 is 1.73 bits per heavy atom. The summed E-state index contributed by atoms with van der Waals surface area (Å²) in [5.74, 6) is -1.39. The first-order valence-electron chi connectivity index (χ1n) is 10.3. The van der Waals surface area contributed by atoms with E-state index in [4.69, 9.17) is 23.2 Å². The number of carbonyl (C=O) groups is 2. The lowest BCUT2D eigenvalue weighted by Crippen LogP contribution is -2.36. The average molecular weight is 486 g/mol. The standard InChI is InChI=1S/C23H21Cl2N5O3/c1-11(2)12-3-5-15(6-4-12)26-21(32)17-10-18(31)28-20-19(17)22(33)30-23(29-20)27-16-8-13(24)7-14(25)9-16/h3-9,11,17H,10H2,1-2H3,(H,26,32)(H3,27,28,29,30,31,33)/t17-/m1/s1. The van der Waals surface area contributed by atoms with Gasteiger partial charge in [-0.2, -0.15) is 4.98 Å². The second kappa shape index (κ2) is 9.25. The summed E-state index contributed by atoms with van der Waals surface area (Å²) < 4.78 is 0. The monoisotopic (exact) mass is 485 g/mol. The first-order chi connectivity index (χ1) is 15.7. The smallest absolute Gasteiger partial charge is 0.258 e. The molecule has 0 saturated heterocycles. The van der Waals surface area contributed by atoms with Crippen LogP contribution in [0.3, 0.4) is 0 Å². The Morgan fingerprint density at radius 3 is 2.36 bits per heavy atom. The second-order valence-electron chi connectivity index (χ2n) is 8.03. The van der Waals surface area contributed by atoms with Crippen molar-refractivity contribution in [3.8, 4) is 0 Å². The van der Waals surface area contributed by atoms with Gasteiger partial charge in [-0.25, -0.2) is 0 Å². The van der Waals surface area contributed by atoms with E-state index in [1.807, 2.05) is 12.1 Å². The van der Waals surface area contributed by atoms with E-state index in [-0.39, 0.29) is 23.8 Å². The average Bonchev–Trinajstić information content (AvgIpc) is 2.72. The lowest BCUT2D eigenvalue weighted by atomic mass is 9.92. The number of aromatic nitrogens is 2. The first-order valence-corrected chi connectivity index (χ1v) is 11.0. The van der Waals surface area contributed by atoms with Gasteiger partial charge in [-0.1, -0.05) is 49.2 Å². The molecule has 0 fully saturated rings. The summed E-state index contributed by atoms with van der Waals surface area (Å²) in [6.07, 6.45) is -0.162. The van der Waals surface area contributed by atoms with Gasteiger partial charge in [0.25, 0.3) is 5.56 Å². The van der Waals surface area contributed by atoms with Gasteiger partial charge in [0.1, 0.15) is 5.82 Å². The molecule has 33 heavy (non-hydrogen) atoms. The fraction of sp³-hybridized carbons (Fsp3) is 0.217. The topological polar surface area (TPSA) is 116 Å². The third-order valence-corrected chi connectivity index (χ3v) is 5.67. The molecule has 0 spiro atoms. The minimum atomic E-state index is -0.982. The Hall–Kier alpha value is -3.36. The van der Waals surface area contributed by atoms with E-state index in [2.05, 4.69) is 39.8 Å². The number of carbonyl (C=O) groups excluding carboxylic acids is 2. The highest BCUT2D eigenvalue weighted by molar-refractivity contribution is 6.35. The van der Waals surface area contributed by atoms with Crippen molar-refractivity contribution in [3.63, 3.8) is 0 Å². The van der Waals surface area contributed by atoms with Crippen molar-refractivity contribution in [2.75, 3.05) is 16.0 Å². The molecule has 1 aromatic heterocycles. The van der Waals surface area contributed by atoms with E-state index >= 15 is 0 Å². The molecule has 1 aliphatic rings. The van der Waals surface area contributed by atoms with Gasteiger partial charge in [-0.15, -0.1) is 0 Å². The van der Waals surface area contributed by atoms with Crippen molar-refractivity contribution in [1.82, 2.24) is 9.97 Å². The largest absolute Gasteiger partial charge is 0.326 e. The fourth-order valence-corrected chi connectivity index (χ4v) is 4.12. The molecule has 10 heteroatoms. The predicted octanol–water partition coefficient (Wildman–Crippen LogP) is 5.01. The lowest BCUT2D eigenvalue weighted by Gasteiger charge is -2.23. The van der Waals surface area contributed by atoms with E-state index in [1.54, 1.807) is 30.3 Å². The molecule has 4 N–H and O–H groups in total. The number of anilines is 4. The van der Waals surface area contributed by atoms with E-state index in [0.717, 1.165) is 5.56 Å². The van der Waals surface area contributed by atoms with Crippen molar-refractivity contribution in [3.05, 3.63) is 74.0 Å². The third kappa shape index (κ3) is 5.18. The zero-order valence-electron chi connectivity index (χ0n) is 17.8. The molecule has 8 nitrogen and oxygen atoms in total.